The van der Waals surface area contributed by atoms with Gasteiger partial charge in [0.2, 0.25) is 21.8 Å². The van der Waals surface area contributed by atoms with E-state index in [1.54, 1.807) is 13.8 Å². The van der Waals surface area contributed by atoms with Crippen molar-refractivity contribution < 1.29 is 22.4 Å². The zero-order valence-corrected chi connectivity index (χ0v) is 17.9. The highest BCUT2D eigenvalue weighted by atomic mass is 32.2. The summed E-state index contributed by atoms with van der Waals surface area (Å²) in [5.74, 6) is -2.44. The Morgan fingerprint density at radius 1 is 0.933 bits per heavy atom. The van der Waals surface area contributed by atoms with Crippen LogP contribution in [0.2, 0.25) is 0 Å². The monoisotopic (exact) mass is 435 g/mol. The zero-order chi connectivity index (χ0) is 22.3. The Kier molecular flexibility index (Phi) is 8.08. The fourth-order valence-corrected chi connectivity index (χ4v) is 4.12. The Bertz CT molecular complexity index is 981. The summed E-state index contributed by atoms with van der Waals surface area (Å²) >= 11 is 0. The van der Waals surface area contributed by atoms with E-state index >= 15 is 0 Å². The lowest BCUT2D eigenvalue weighted by Crippen LogP contribution is -2.54. The molecule has 9 heteroatoms. The van der Waals surface area contributed by atoms with Gasteiger partial charge in [-0.2, -0.15) is 4.72 Å². The van der Waals surface area contributed by atoms with Crippen LogP contribution < -0.4 is 15.4 Å². The molecule has 0 bridgehead atoms. The molecule has 2 rings (SSSR count). The lowest BCUT2D eigenvalue weighted by atomic mass is 10.0. The normalized spacial score (nSPS) is 13.5. The molecule has 0 radical (unpaired) electrons. The first-order valence-corrected chi connectivity index (χ1v) is 11.0. The van der Waals surface area contributed by atoms with Gasteiger partial charge in [-0.05, 0) is 30.5 Å². The van der Waals surface area contributed by atoms with E-state index in [4.69, 9.17) is 0 Å². The zero-order valence-electron chi connectivity index (χ0n) is 17.1. The summed E-state index contributed by atoms with van der Waals surface area (Å²) in [6.07, 6.45) is 0. The highest BCUT2D eigenvalue weighted by Gasteiger charge is 2.31. The fraction of sp³-hybridized carbons (Fsp3) is 0.333. The number of carbonyl (C=O) groups excluding carboxylic acids is 2. The maximum Gasteiger partial charge on any atom is 0.244 e. The standard InChI is InChI=1S/C21H26FN3O4S/c1-14(2)19(25-30(28,29)18-12-8-7-11-17(18)22)21(27)24-15(3)20(26)23-13-16-9-5-4-6-10-16/h4-12,14-15,19,25H,13H2,1-3H3,(H,23,26)(H,24,27)/t15?,19-/m0/s1. The fourth-order valence-electron chi connectivity index (χ4n) is 2.69. The molecule has 0 spiro atoms. The first-order valence-electron chi connectivity index (χ1n) is 9.50. The van der Waals surface area contributed by atoms with Gasteiger partial charge in [0.15, 0.2) is 0 Å². The Morgan fingerprint density at radius 3 is 2.13 bits per heavy atom. The van der Waals surface area contributed by atoms with Gasteiger partial charge in [0.1, 0.15) is 22.8 Å². The lowest BCUT2D eigenvalue weighted by Gasteiger charge is -2.23. The van der Waals surface area contributed by atoms with E-state index < -0.39 is 50.6 Å². The van der Waals surface area contributed by atoms with E-state index in [1.165, 1.54) is 19.1 Å². The number of benzene rings is 2. The first-order chi connectivity index (χ1) is 14.1. The average Bonchev–Trinajstić information content (AvgIpc) is 2.70. The second-order valence-electron chi connectivity index (χ2n) is 7.21. The van der Waals surface area contributed by atoms with Crippen molar-refractivity contribution in [3.8, 4) is 0 Å². The van der Waals surface area contributed by atoms with Gasteiger partial charge < -0.3 is 10.6 Å². The predicted molar refractivity (Wildman–Crippen MR) is 111 cm³/mol. The summed E-state index contributed by atoms with van der Waals surface area (Å²) in [6.45, 7) is 5.09. The van der Waals surface area contributed by atoms with Crippen LogP contribution in [-0.4, -0.2) is 32.3 Å². The van der Waals surface area contributed by atoms with Gasteiger partial charge in [-0.3, -0.25) is 9.59 Å². The SMILES string of the molecule is CC(NC(=O)[C@@H](NS(=O)(=O)c1ccccc1F)C(C)C)C(=O)NCc1ccccc1. The summed E-state index contributed by atoms with van der Waals surface area (Å²) in [5, 5.41) is 5.23. The van der Waals surface area contributed by atoms with E-state index in [0.29, 0.717) is 6.54 Å². The molecule has 2 aromatic rings. The van der Waals surface area contributed by atoms with E-state index in [1.807, 2.05) is 30.3 Å². The van der Waals surface area contributed by atoms with Crippen LogP contribution in [0.5, 0.6) is 0 Å². The van der Waals surface area contributed by atoms with E-state index in [2.05, 4.69) is 15.4 Å². The summed E-state index contributed by atoms with van der Waals surface area (Å²) in [6, 6.07) is 12.1. The number of hydrogen-bond donors (Lipinski definition) is 3. The topological polar surface area (TPSA) is 104 Å². The third kappa shape index (κ3) is 6.36. The molecule has 2 amide bonds. The van der Waals surface area contributed by atoms with E-state index in [0.717, 1.165) is 17.7 Å². The number of sulfonamides is 1. The van der Waals surface area contributed by atoms with Crippen LogP contribution >= 0.6 is 0 Å². The smallest absolute Gasteiger partial charge is 0.244 e. The molecule has 0 saturated heterocycles. The molecule has 0 aliphatic heterocycles. The van der Waals surface area contributed by atoms with Crippen molar-refractivity contribution >= 4 is 21.8 Å². The van der Waals surface area contributed by atoms with Gasteiger partial charge in [0.05, 0.1) is 0 Å². The van der Waals surface area contributed by atoms with E-state index in [-0.39, 0.29) is 0 Å². The minimum Gasteiger partial charge on any atom is -0.350 e. The highest BCUT2D eigenvalue weighted by Crippen LogP contribution is 2.15. The Balaban J connectivity index is 2.02. The Labute approximate surface area is 176 Å². The Morgan fingerprint density at radius 2 is 1.53 bits per heavy atom. The van der Waals surface area contributed by atoms with Crippen molar-refractivity contribution in [2.45, 2.75) is 44.3 Å². The molecule has 0 heterocycles. The summed E-state index contributed by atoms with van der Waals surface area (Å²) in [4.78, 5) is 24.4. The van der Waals surface area contributed by atoms with Crippen molar-refractivity contribution in [2.24, 2.45) is 5.92 Å². The minimum atomic E-state index is -4.27. The van der Waals surface area contributed by atoms with Crippen LogP contribution in [0.15, 0.2) is 59.5 Å². The molecule has 162 valence electrons. The second-order valence-corrected chi connectivity index (χ2v) is 8.89. The molecular formula is C21H26FN3O4S. The second kappa shape index (κ2) is 10.3. The molecule has 2 atom stereocenters. The Hall–Kier alpha value is -2.78. The molecule has 30 heavy (non-hydrogen) atoms. The van der Waals surface area contributed by atoms with Crippen molar-refractivity contribution in [2.75, 3.05) is 0 Å². The van der Waals surface area contributed by atoms with Crippen LogP contribution in [0, 0.1) is 11.7 Å². The molecule has 0 aliphatic carbocycles. The largest absolute Gasteiger partial charge is 0.350 e. The maximum absolute atomic E-state index is 13.9. The molecule has 7 nitrogen and oxygen atoms in total. The van der Waals surface area contributed by atoms with Crippen molar-refractivity contribution in [3.63, 3.8) is 0 Å². The van der Waals surface area contributed by atoms with Gasteiger partial charge in [-0.1, -0.05) is 56.3 Å². The van der Waals surface area contributed by atoms with Crippen LogP contribution in [-0.2, 0) is 26.2 Å². The van der Waals surface area contributed by atoms with Gasteiger partial charge in [0, 0.05) is 6.54 Å². The first kappa shape index (κ1) is 23.5. The van der Waals surface area contributed by atoms with E-state index in [9.17, 15) is 22.4 Å². The molecule has 0 aromatic heterocycles. The summed E-state index contributed by atoms with van der Waals surface area (Å²) < 4.78 is 41.2. The molecule has 0 saturated carbocycles. The number of halogens is 1. The number of nitrogens with one attached hydrogen (secondary N) is 3. The maximum atomic E-state index is 13.9. The molecule has 0 aliphatic rings. The minimum absolute atomic E-state index is 0.299. The molecule has 2 aromatic carbocycles. The number of amides is 2. The van der Waals surface area contributed by atoms with Crippen molar-refractivity contribution in [1.82, 2.24) is 15.4 Å². The lowest BCUT2D eigenvalue weighted by molar-refractivity contribution is -0.130. The van der Waals surface area contributed by atoms with Gasteiger partial charge in [-0.15, -0.1) is 0 Å². The van der Waals surface area contributed by atoms with Crippen LogP contribution in [0.4, 0.5) is 4.39 Å². The molecular weight excluding hydrogens is 409 g/mol. The molecule has 1 unspecified atom stereocenters. The van der Waals surface area contributed by atoms with Gasteiger partial charge in [0.25, 0.3) is 0 Å². The highest BCUT2D eigenvalue weighted by molar-refractivity contribution is 7.89. The third-order valence-electron chi connectivity index (χ3n) is 4.42. The van der Waals surface area contributed by atoms with Crippen molar-refractivity contribution in [3.05, 3.63) is 66.0 Å². The summed E-state index contributed by atoms with van der Waals surface area (Å²) in [7, 11) is -4.27. The van der Waals surface area contributed by atoms with Crippen LogP contribution in [0.1, 0.15) is 26.3 Å². The van der Waals surface area contributed by atoms with Gasteiger partial charge in [-0.25, -0.2) is 12.8 Å². The van der Waals surface area contributed by atoms with Crippen molar-refractivity contribution in [1.29, 1.82) is 0 Å². The average molecular weight is 436 g/mol. The number of rotatable bonds is 9. The quantitative estimate of drug-likeness (QED) is 0.560. The summed E-state index contributed by atoms with van der Waals surface area (Å²) in [5.41, 5.74) is 0.905. The molecule has 3 N–H and O–H groups in total. The number of carbonyl (C=O) groups is 2. The van der Waals surface area contributed by atoms with Gasteiger partial charge >= 0.3 is 0 Å². The van der Waals surface area contributed by atoms with Crippen LogP contribution in [0.3, 0.4) is 0 Å². The predicted octanol–water partition coefficient (Wildman–Crippen LogP) is 1.95. The molecule has 0 fully saturated rings. The third-order valence-corrected chi connectivity index (χ3v) is 5.89. The number of hydrogen-bond acceptors (Lipinski definition) is 4. The van der Waals surface area contributed by atoms with Crippen LogP contribution in [0.25, 0.3) is 0 Å².